The average Bonchev–Trinajstić information content (AvgIpc) is 3.21. The van der Waals surface area contributed by atoms with Crippen molar-refractivity contribution < 1.29 is 14.3 Å². The highest BCUT2D eigenvalue weighted by molar-refractivity contribution is 6.04. The van der Waals surface area contributed by atoms with Crippen LogP contribution in [0.3, 0.4) is 0 Å². The molecular formula is C21H26N2O3. The second kappa shape index (κ2) is 5.56. The molecule has 0 bridgehead atoms. The Bertz CT molecular complexity index is 778. The molecule has 1 spiro atoms. The third kappa shape index (κ3) is 1.85. The highest BCUT2D eigenvalue weighted by Gasteiger charge is 2.69. The first kappa shape index (κ1) is 16.3. The van der Waals surface area contributed by atoms with Crippen molar-refractivity contribution in [3.63, 3.8) is 0 Å². The number of carbonyl (C=O) groups is 2. The second-order valence-corrected chi connectivity index (χ2v) is 8.42. The van der Waals surface area contributed by atoms with Gasteiger partial charge in [-0.15, -0.1) is 0 Å². The van der Waals surface area contributed by atoms with Crippen molar-refractivity contribution in [2.45, 2.75) is 43.7 Å². The predicted octanol–water partition coefficient (Wildman–Crippen LogP) is 2.21. The first-order valence-corrected chi connectivity index (χ1v) is 9.83. The number of para-hydroxylation sites is 1. The molecule has 1 aliphatic carbocycles. The van der Waals surface area contributed by atoms with Gasteiger partial charge in [0, 0.05) is 29.6 Å². The largest absolute Gasteiger partial charge is 0.468 e. The quantitative estimate of drug-likeness (QED) is 0.652. The van der Waals surface area contributed by atoms with Crippen molar-refractivity contribution in [1.82, 2.24) is 4.90 Å². The van der Waals surface area contributed by atoms with Gasteiger partial charge in [-0.3, -0.25) is 14.5 Å². The van der Waals surface area contributed by atoms with Crippen LogP contribution in [0, 0.1) is 17.8 Å². The van der Waals surface area contributed by atoms with E-state index in [-0.39, 0.29) is 35.2 Å². The normalized spacial score (nSPS) is 40.4. The van der Waals surface area contributed by atoms with Gasteiger partial charge in [-0.2, -0.15) is 0 Å². The SMILES string of the molecule is CC[C@@H]1C[C@@H]2C(=O)[C@@H](C(=O)OC)[C@H]3Nc4ccccc4[C@]34CCN(C1)[C@H]24. The van der Waals surface area contributed by atoms with Crippen LogP contribution in [0.15, 0.2) is 24.3 Å². The molecule has 4 aliphatic rings. The Morgan fingerprint density at radius 2 is 2.19 bits per heavy atom. The number of rotatable bonds is 2. The van der Waals surface area contributed by atoms with Crippen LogP contribution >= 0.6 is 0 Å². The lowest BCUT2D eigenvalue weighted by atomic mass is 9.55. The molecule has 1 aromatic rings. The molecule has 3 fully saturated rings. The molecule has 5 heteroatoms. The van der Waals surface area contributed by atoms with Crippen LogP contribution in [0.1, 0.15) is 31.7 Å². The summed E-state index contributed by atoms with van der Waals surface area (Å²) in [5, 5.41) is 3.56. The third-order valence-corrected chi connectivity index (χ3v) is 7.53. The molecule has 2 saturated heterocycles. The fourth-order valence-corrected chi connectivity index (χ4v) is 6.49. The van der Waals surface area contributed by atoms with Crippen LogP contribution in [-0.2, 0) is 19.7 Å². The second-order valence-electron chi connectivity index (χ2n) is 8.42. The van der Waals surface area contributed by atoms with Gasteiger partial charge in [-0.1, -0.05) is 31.5 Å². The zero-order chi connectivity index (χ0) is 18.1. The van der Waals surface area contributed by atoms with Gasteiger partial charge in [-0.05, 0) is 36.9 Å². The summed E-state index contributed by atoms with van der Waals surface area (Å²) in [6.07, 6.45) is 2.99. The average molecular weight is 354 g/mol. The van der Waals surface area contributed by atoms with Crippen LogP contribution in [0.4, 0.5) is 5.69 Å². The molecule has 0 radical (unpaired) electrons. The minimum Gasteiger partial charge on any atom is -0.468 e. The molecule has 1 aromatic carbocycles. The van der Waals surface area contributed by atoms with E-state index in [2.05, 4.69) is 35.3 Å². The van der Waals surface area contributed by atoms with Crippen LogP contribution in [-0.4, -0.2) is 48.9 Å². The maximum Gasteiger partial charge on any atom is 0.318 e. The van der Waals surface area contributed by atoms with Crippen molar-refractivity contribution in [1.29, 1.82) is 0 Å². The first-order valence-electron chi connectivity index (χ1n) is 9.83. The monoisotopic (exact) mass is 354 g/mol. The predicted molar refractivity (Wildman–Crippen MR) is 97.9 cm³/mol. The number of Topliss-reactive ketones (excluding diaryl/α,β-unsaturated/α-hetero) is 1. The van der Waals surface area contributed by atoms with Gasteiger partial charge in [0.2, 0.25) is 0 Å². The number of hydrogen-bond donors (Lipinski definition) is 1. The topological polar surface area (TPSA) is 58.6 Å². The van der Waals surface area contributed by atoms with Crippen LogP contribution in [0.25, 0.3) is 0 Å². The van der Waals surface area contributed by atoms with Gasteiger partial charge < -0.3 is 10.1 Å². The lowest BCUT2D eigenvalue weighted by Crippen LogP contribution is -2.67. The van der Waals surface area contributed by atoms with Gasteiger partial charge in [-0.25, -0.2) is 0 Å². The standard InChI is InChI=1S/C21H26N2O3/c1-3-12-10-13-17(24)16(20(25)26-2)18-21(8-9-23(11-12)19(13)21)14-6-4-5-7-15(14)22-18/h4-7,12-13,16,18-19,22H,3,8-11H2,1-2H3/t12-,13-,16-,18-,19-,21-/m1/s1. The Balaban J connectivity index is 1.69. The van der Waals surface area contributed by atoms with Gasteiger partial charge in [0.25, 0.3) is 0 Å². The summed E-state index contributed by atoms with van der Waals surface area (Å²) in [6, 6.07) is 8.39. The Kier molecular flexibility index (Phi) is 3.48. The molecule has 3 aliphatic heterocycles. The molecular weight excluding hydrogens is 328 g/mol. The summed E-state index contributed by atoms with van der Waals surface area (Å²) in [5.74, 6) is -0.522. The molecule has 5 rings (SSSR count). The number of nitrogens with zero attached hydrogens (tertiary/aromatic N) is 1. The van der Waals surface area contributed by atoms with E-state index in [1.165, 1.54) is 12.7 Å². The summed E-state index contributed by atoms with van der Waals surface area (Å²) in [5.41, 5.74) is 2.21. The first-order chi connectivity index (χ1) is 12.6. The lowest BCUT2D eigenvalue weighted by Gasteiger charge is -2.53. The maximum atomic E-state index is 13.5. The maximum absolute atomic E-state index is 13.5. The van der Waals surface area contributed by atoms with Crippen molar-refractivity contribution in [2.24, 2.45) is 17.8 Å². The van der Waals surface area contributed by atoms with E-state index < -0.39 is 5.92 Å². The van der Waals surface area contributed by atoms with Crippen LogP contribution < -0.4 is 5.32 Å². The molecule has 0 unspecified atom stereocenters. The summed E-state index contributed by atoms with van der Waals surface area (Å²) in [4.78, 5) is 28.7. The number of fused-ring (bicyclic) bond motifs is 1. The Hall–Kier alpha value is -1.88. The van der Waals surface area contributed by atoms with Gasteiger partial charge >= 0.3 is 5.97 Å². The van der Waals surface area contributed by atoms with E-state index in [4.69, 9.17) is 4.74 Å². The number of nitrogens with one attached hydrogen (secondary N) is 1. The molecule has 26 heavy (non-hydrogen) atoms. The molecule has 0 aromatic heterocycles. The number of carbonyl (C=O) groups excluding carboxylic acids is 2. The van der Waals surface area contributed by atoms with Crippen LogP contribution in [0.2, 0.25) is 0 Å². The molecule has 138 valence electrons. The number of methoxy groups -OCH3 is 1. The Morgan fingerprint density at radius 3 is 2.96 bits per heavy atom. The van der Waals surface area contributed by atoms with Crippen molar-refractivity contribution in [2.75, 3.05) is 25.5 Å². The molecule has 3 heterocycles. The molecule has 5 nitrogen and oxygen atoms in total. The number of benzene rings is 1. The number of ether oxygens (including phenoxy) is 1. The van der Waals surface area contributed by atoms with E-state index >= 15 is 0 Å². The Labute approximate surface area is 154 Å². The van der Waals surface area contributed by atoms with Gasteiger partial charge in [0.1, 0.15) is 5.92 Å². The van der Waals surface area contributed by atoms with E-state index in [1.807, 2.05) is 6.07 Å². The number of esters is 1. The molecule has 1 N–H and O–H groups in total. The zero-order valence-corrected chi connectivity index (χ0v) is 15.4. The van der Waals surface area contributed by atoms with Gasteiger partial charge in [0.15, 0.2) is 5.78 Å². The molecule has 6 atom stereocenters. The lowest BCUT2D eigenvalue weighted by molar-refractivity contribution is -0.157. The molecule has 1 saturated carbocycles. The number of ketones is 1. The smallest absolute Gasteiger partial charge is 0.318 e. The number of hydrogen-bond acceptors (Lipinski definition) is 5. The summed E-state index contributed by atoms with van der Waals surface area (Å²) in [7, 11) is 1.40. The van der Waals surface area contributed by atoms with E-state index in [0.29, 0.717) is 5.92 Å². The fraction of sp³-hybridized carbons (Fsp3) is 0.619. The van der Waals surface area contributed by atoms with E-state index in [1.54, 1.807) is 0 Å². The Morgan fingerprint density at radius 1 is 1.38 bits per heavy atom. The summed E-state index contributed by atoms with van der Waals surface area (Å²) < 4.78 is 5.09. The minimum atomic E-state index is -0.704. The number of anilines is 1. The van der Waals surface area contributed by atoms with E-state index in [9.17, 15) is 9.59 Å². The highest BCUT2D eigenvalue weighted by Crippen LogP contribution is 2.59. The van der Waals surface area contributed by atoms with Crippen molar-refractivity contribution >= 4 is 17.4 Å². The highest BCUT2D eigenvalue weighted by atomic mass is 16.5. The minimum absolute atomic E-state index is 0.0653. The van der Waals surface area contributed by atoms with Crippen molar-refractivity contribution in [3.8, 4) is 0 Å². The fourth-order valence-electron chi connectivity index (χ4n) is 6.49. The van der Waals surface area contributed by atoms with Crippen LogP contribution in [0.5, 0.6) is 0 Å². The van der Waals surface area contributed by atoms with Gasteiger partial charge in [0.05, 0.1) is 13.2 Å². The van der Waals surface area contributed by atoms with E-state index in [0.717, 1.165) is 38.0 Å². The molecule has 0 amide bonds. The number of piperidine rings is 1. The summed E-state index contributed by atoms with van der Waals surface area (Å²) in [6.45, 7) is 4.28. The van der Waals surface area contributed by atoms with Crippen molar-refractivity contribution in [3.05, 3.63) is 29.8 Å². The summed E-state index contributed by atoms with van der Waals surface area (Å²) >= 11 is 0. The third-order valence-electron chi connectivity index (χ3n) is 7.53. The zero-order valence-electron chi connectivity index (χ0n) is 15.4.